The van der Waals surface area contributed by atoms with E-state index in [9.17, 15) is 0 Å². The normalized spacial score (nSPS) is 23.2. The quantitative estimate of drug-likeness (QED) is 0.620. The lowest BCUT2D eigenvalue weighted by atomic mass is 9.98. The van der Waals surface area contributed by atoms with Crippen LogP contribution >= 0.6 is 0 Å². The Balaban J connectivity index is 2.63. The second kappa shape index (κ2) is 5.91. The van der Waals surface area contributed by atoms with Crippen LogP contribution in [0.1, 0.15) is 54.2 Å². The molecule has 0 aliphatic heterocycles. The van der Waals surface area contributed by atoms with Gasteiger partial charge >= 0.3 is 0 Å². The van der Waals surface area contributed by atoms with Crippen molar-refractivity contribution in [3.05, 3.63) is 0 Å². The molecule has 0 aromatic heterocycles. The molecule has 84 valence electrons. The van der Waals surface area contributed by atoms with Gasteiger partial charge in [0.1, 0.15) is 0 Å². The molecule has 0 radical (unpaired) electrons. The second-order valence-electron chi connectivity index (χ2n) is 4.45. The topological polar surface area (TPSA) is 9.23 Å². The maximum atomic E-state index is 8.40. The Morgan fingerprint density at radius 1 is 1.07 bits per heavy atom. The predicted molar refractivity (Wildman–Crippen MR) is 65.2 cm³/mol. The zero-order chi connectivity index (χ0) is 11.4. The van der Waals surface area contributed by atoms with Gasteiger partial charge in [-0.25, -0.2) is 0 Å². The summed E-state index contributed by atoms with van der Waals surface area (Å²) < 4.78 is 14.7. The van der Waals surface area contributed by atoms with Crippen molar-refractivity contribution >= 4 is 8.32 Å². The Kier molecular flexibility index (Phi) is 4.51. The van der Waals surface area contributed by atoms with Gasteiger partial charge in [0.05, 0.1) is 1.37 Å². The fraction of sp³-hybridized carbons (Fsp3) is 1.00. The van der Waals surface area contributed by atoms with Gasteiger partial charge in [0, 0.05) is 6.08 Å². The first-order valence-electron chi connectivity index (χ1n) is 6.80. The minimum absolute atomic E-state index is 0.521. The van der Waals surface area contributed by atoms with E-state index in [4.69, 9.17) is 5.80 Å². The first-order valence-corrected chi connectivity index (χ1v) is 8.83. The van der Waals surface area contributed by atoms with E-state index < -0.39 is 14.4 Å². The summed E-state index contributed by atoms with van der Waals surface area (Å²) in [5, 5.41) is 0. The molecule has 0 aromatic carbocycles. The van der Waals surface area contributed by atoms with Crippen LogP contribution in [0.5, 0.6) is 0 Å². The molecule has 1 aliphatic carbocycles. The van der Waals surface area contributed by atoms with Gasteiger partial charge in [-0.15, -0.1) is 0 Å². The summed E-state index contributed by atoms with van der Waals surface area (Å²) in [7, 11) is -1.56. The highest BCUT2D eigenvalue weighted by Gasteiger charge is 2.32. The number of rotatable bonds is 5. The Bertz CT molecular complexity index is 178. The average molecular weight is 215 g/mol. The molecule has 0 amide bonds. The molecule has 1 fully saturated rings. The van der Waals surface area contributed by atoms with Crippen molar-refractivity contribution in [1.29, 1.82) is 0 Å². The van der Waals surface area contributed by atoms with Gasteiger partial charge < -0.3 is 4.43 Å². The lowest BCUT2D eigenvalue weighted by molar-refractivity contribution is 0.142. The van der Waals surface area contributed by atoms with Crippen LogP contribution in [0.3, 0.4) is 0 Å². The molecule has 2 heteroatoms. The van der Waals surface area contributed by atoms with Gasteiger partial charge in [-0.05, 0) is 31.0 Å². The third-order valence-corrected chi connectivity index (χ3v) is 8.29. The molecule has 0 saturated heterocycles. The van der Waals surface area contributed by atoms with Crippen molar-refractivity contribution < 1.29 is 5.80 Å². The van der Waals surface area contributed by atoms with Crippen LogP contribution in [0.25, 0.3) is 0 Å². The smallest absolute Gasteiger partial charge is 0.192 e. The van der Waals surface area contributed by atoms with E-state index in [0.29, 0.717) is 0 Å². The maximum absolute atomic E-state index is 8.40. The van der Waals surface area contributed by atoms with E-state index in [2.05, 4.69) is 20.8 Å². The molecule has 0 bridgehead atoms. The molecular formula is C12H26OSi. The molecule has 0 N–H and O–H groups in total. The van der Waals surface area contributed by atoms with E-state index in [1.807, 2.05) is 0 Å². The Hall–Kier alpha value is 0.177. The molecule has 0 atom stereocenters. The molecule has 0 spiro atoms. The summed E-state index contributed by atoms with van der Waals surface area (Å²) in [5.41, 5.74) is 0. The van der Waals surface area contributed by atoms with Crippen LogP contribution in [0.15, 0.2) is 0 Å². The minimum Gasteiger partial charge on any atom is -0.414 e. The highest BCUT2D eigenvalue weighted by molar-refractivity contribution is 6.73. The largest absolute Gasteiger partial charge is 0.414 e. The molecule has 1 nitrogen and oxygen atoms in total. The van der Waals surface area contributed by atoms with Gasteiger partial charge in [-0.2, -0.15) is 0 Å². The predicted octanol–water partition coefficient (Wildman–Crippen LogP) is 4.34. The second-order valence-corrected chi connectivity index (χ2v) is 9.14. The monoisotopic (exact) mass is 215 g/mol. The van der Waals surface area contributed by atoms with Crippen molar-refractivity contribution in [2.24, 2.45) is 0 Å². The van der Waals surface area contributed by atoms with E-state index in [-0.39, 0.29) is 0 Å². The Morgan fingerprint density at radius 3 is 2.00 bits per heavy atom. The Morgan fingerprint density at radius 2 is 1.57 bits per heavy atom. The highest BCUT2D eigenvalue weighted by atomic mass is 28.4. The maximum Gasteiger partial charge on any atom is 0.192 e. The molecular weight excluding hydrogens is 188 g/mol. The van der Waals surface area contributed by atoms with Crippen molar-refractivity contribution in [1.82, 2.24) is 0 Å². The van der Waals surface area contributed by atoms with E-state index in [0.717, 1.165) is 12.8 Å². The molecule has 1 saturated carbocycles. The zero-order valence-corrected chi connectivity index (χ0v) is 11.1. The van der Waals surface area contributed by atoms with Crippen LogP contribution in [-0.2, 0) is 4.43 Å². The van der Waals surface area contributed by atoms with Gasteiger partial charge in [0.15, 0.2) is 8.32 Å². The van der Waals surface area contributed by atoms with Crippen LogP contribution < -0.4 is 0 Å². The van der Waals surface area contributed by atoms with Crippen LogP contribution in [0.4, 0.5) is 0 Å². The molecule has 1 rings (SSSR count). The van der Waals surface area contributed by atoms with Crippen LogP contribution in [0, 0.1) is 0 Å². The molecule has 0 aromatic rings. The van der Waals surface area contributed by atoms with E-state index in [1.165, 1.54) is 37.4 Å². The third-order valence-electron chi connectivity index (χ3n) is 3.71. The van der Waals surface area contributed by atoms with Crippen molar-refractivity contribution in [2.75, 3.05) is 0 Å². The van der Waals surface area contributed by atoms with Crippen molar-refractivity contribution in [3.63, 3.8) is 0 Å². The fourth-order valence-corrected chi connectivity index (χ4v) is 5.07. The lowest BCUT2D eigenvalue weighted by Gasteiger charge is -2.35. The SMILES string of the molecule is [2H]C1(O[Si](CC)(CC)CC)CCCCC1. The zero-order valence-electron chi connectivity index (χ0n) is 11.1. The number of hydrogen-bond acceptors (Lipinski definition) is 1. The first-order chi connectivity index (χ1) is 7.10. The molecule has 1 aliphatic rings. The summed E-state index contributed by atoms with van der Waals surface area (Å²) in [5.74, 6) is 0. The average Bonchev–Trinajstić information content (AvgIpc) is 2.27. The summed E-state index contributed by atoms with van der Waals surface area (Å²) in [6, 6.07) is 3.50. The minimum atomic E-state index is -1.56. The number of hydrogen-bond donors (Lipinski definition) is 0. The summed E-state index contributed by atoms with van der Waals surface area (Å²) in [6.07, 6.45) is 5.06. The molecule has 0 heterocycles. The molecule has 0 unspecified atom stereocenters. The van der Waals surface area contributed by atoms with Crippen LogP contribution in [-0.4, -0.2) is 14.4 Å². The summed E-state index contributed by atoms with van der Waals surface area (Å²) in [4.78, 5) is 0. The van der Waals surface area contributed by atoms with Crippen molar-refractivity contribution in [3.8, 4) is 0 Å². The van der Waals surface area contributed by atoms with Gasteiger partial charge in [0.25, 0.3) is 0 Å². The van der Waals surface area contributed by atoms with E-state index >= 15 is 0 Å². The fourth-order valence-electron chi connectivity index (χ4n) is 2.32. The summed E-state index contributed by atoms with van der Waals surface area (Å²) >= 11 is 0. The third kappa shape index (κ3) is 3.09. The van der Waals surface area contributed by atoms with Crippen molar-refractivity contribution in [2.45, 2.75) is 77.1 Å². The van der Waals surface area contributed by atoms with Gasteiger partial charge in [-0.1, -0.05) is 40.0 Å². The van der Waals surface area contributed by atoms with Gasteiger partial charge in [0.2, 0.25) is 0 Å². The first kappa shape index (κ1) is 10.7. The lowest BCUT2D eigenvalue weighted by Crippen LogP contribution is -2.40. The highest BCUT2D eigenvalue weighted by Crippen LogP contribution is 2.29. The standard InChI is InChI=1S/C12H26OSi/c1-4-14(5-2,6-3)13-12-10-8-7-9-11-12/h12H,4-11H2,1-3H3/i12D. The molecule has 14 heavy (non-hydrogen) atoms. The Labute approximate surface area is 91.8 Å². The van der Waals surface area contributed by atoms with Gasteiger partial charge in [-0.3, -0.25) is 0 Å². The van der Waals surface area contributed by atoms with E-state index in [1.54, 1.807) is 0 Å². The summed E-state index contributed by atoms with van der Waals surface area (Å²) in [6.45, 7) is 6.72. The van der Waals surface area contributed by atoms with Crippen LogP contribution in [0.2, 0.25) is 18.1 Å².